The van der Waals surface area contributed by atoms with Gasteiger partial charge in [0.2, 0.25) is 5.78 Å². The minimum absolute atomic E-state index is 0.153. The molecule has 0 radical (unpaired) electrons. The molecule has 5 heteroatoms. The summed E-state index contributed by atoms with van der Waals surface area (Å²) >= 11 is 0. The molecular weight excluding hydrogens is 192 g/mol. The number of hydrogen-bond donors (Lipinski definition) is 1. The van der Waals surface area contributed by atoms with Crippen LogP contribution in [0.4, 0.5) is 0 Å². The average Bonchev–Trinajstić information content (AvgIpc) is 2.66. The highest BCUT2D eigenvalue weighted by molar-refractivity contribution is 5.76. The first-order valence-electron chi connectivity index (χ1n) is 4.57. The zero-order valence-electron chi connectivity index (χ0n) is 8.06. The van der Waals surface area contributed by atoms with Crippen molar-refractivity contribution >= 4 is 16.8 Å². The molecule has 0 aliphatic carbocycles. The maximum absolute atomic E-state index is 11.7. The molecule has 0 bridgehead atoms. The molecule has 0 atom stereocenters. The molecular formula is C10H8N4O. The van der Waals surface area contributed by atoms with E-state index < -0.39 is 0 Å². The molecule has 0 aliphatic heterocycles. The van der Waals surface area contributed by atoms with Crippen molar-refractivity contribution in [3.63, 3.8) is 0 Å². The Morgan fingerprint density at radius 2 is 2.27 bits per heavy atom. The standard InChI is InChI=1S/C10H8N4O/c1-6-4-7-8(12-5-6)14-3-2-11-10(14)13-9(7)15/h2-5H,1H3,(H,11,13,15). The zero-order chi connectivity index (χ0) is 10.4. The van der Waals surface area contributed by atoms with Crippen LogP contribution in [0.25, 0.3) is 16.8 Å². The van der Waals surface area contributed by atoms with Crippen LogP contribution in [0.1, 0.15) is 5.56 Å². The second kappa shape index (κ2) is 2.66. The van der Waals surface area contributed by atoms with Crippen molar-refractivity contribution in [2.75, 3.05) is 0 Å². The lowest BCUT2D eigenvalue weighted by atomic mass is 10.2. The number of imidazole rings is 1. The Morgan fingerprint density at radius 3 is 3.13 bits per heavy atom. The summed E-state index contributed by atoms with van der Waals surface area (Å²) in [5.74, 6) is 0.517. The van der Waals surface area contributed by atoms with Crippen molar-refractivity contribution in [1.29, 1.82) is 0 Å². The van der Waals surface area contributed by atoms with E-state index in [4.69, 9.17) is 0 Å². The Kier molecular flexibility index (Phi) is 1.45. The first-order chi connectivity index (χ1) is 7.25. The fourth-order valence-electron chi connectivity index (χ4n) is 1.66. The summed E-state index contributed by atoms with van der Waals surface area (Å²) < 4.78 is 1.76. The Bertz CT molecular complexity index is 710. The lowest BCUT2D eigenvalue weighted by Gasteiger charge is -2.00. The van der Waals surface area contributed by atoms with Crippen LogP contribution >= 0.6 is 0 Å². The third kappa shape index (κ3) is 1.06. The van der Waals surface area contributed by atoms with Crippen molar-refractivity contribution in [2.24, 2.45) is 0 Å². The number of fused-ring (bicyclic) bond motifs is 3. The fraction of sp³-hybridized carbons (Fsp3) is 0.100. The lowest BCUT2D eigenvalue weighted by Crippen LogP contribution is -2.10. The maximum Gasteiger partial charge on any atom is 0.261 e. The predicted molar refractivity (Wildman–Crippen MR) is 55.9 cm³/mol. The van der Waals surface area contributed by atoms with E-state index in [-0.39, 0.29) is 5.56 Å². The molecule has 0 spiro atoms. The van der Waals surface area contributed by atoms with Gasteiger partial charge in [0.1, 0.15) is 0 Å². The van der Waals surface area contributed by atoms with Crippen LogP contribution in [-0.2, 0) is 0 Å². The molecule has 0 saturated heterocycles. The normalized spacial score (nSPS) is 11.3. The van der Waals surface area contributed by atoms with Gasteiger partial charge in [0.15, 0.2) is 5.65 Å². The van der Waals surface area contributed by atoms with Gasteiger partial charge in [0.25, 0.3) is 5.56 Å². The van der Waals surface area contributed by atoms with Crippen molar-refractivity contribution in [3.8, 4) is 0 Å². The first kappa shape index (κ1) is 8.16. The van der Waals surface area contributed by atoms with E-state index in [9.17, 15) is 4.79 Å². The van der Waals surface area contributed by atoms with Gasteiger partial charge in [-0.25, -0.2) is 9.97 Å². The van der Waals surface area contributed by atoms with Gasteiger partial charge < -0.3 is 0 Å². The van der Waals surface area contributed by atoms with E-state index in [1.165, 1.54) is 0 Å². The molecule has 3 aromatic rings. The van der Waals surface area contributed by atoms with Crippen LogP contribution in [0, 0.1) is 6.92 Å². The summed E-state index contributed by atoms with van der Waals surface area (Å²) in [5, 5.41) is 0.584. The van der Waals surface area contributed by atoms with Crippen LogP contribution in [-0.4, -0.2) is 19.4 Å². The zero-order valence-corrected chi connectivity index (χ0v) is 8.06. The van der Waals surface area contributed by atoms with Crippen molar-refractivity contribution in [2.45, 2.75) is 6.92 Å². The Morgan fingerprint density at radius 1 is 1.40 bits per heavy atom. The third-order valence-corrected chi connectivity index (χ3v) is 2.34. The summed E-state index contributed by atoms with van der Waals surface area (Å²) in [4.78, 5) is 22.7. The fourth-order valence-corrected chi connectivity index (χ4v) is 1.66. The number of rotatable bonds is 0. The second-order valence-electron chi connectivity index (χ2n) is 3.46. The van der Waals surface area contributed by atoms with E-state index >= 15 is 0 Å². The lowest BCUT2D eigenvalue weighted by molar-refractivity contribution is 1.10. The summed E-state index contributed by atoms with van der Waals surface area (Å²) in [6.07, 6.45) is 5.14. The van der Waals surface area contributed by atoms with Crippen LogP contribution in [0.3, 0.4) is 0 Å². The van der Waals surface area contributed by atoms with Gasteiger partial charge in [-0.15, -0.1) is 0 Å². The summed E-state index contributed by atoms with van der Waals surface area (Å²) in [6.45, 7) is 1.91. The summed E-state index contributed by atoms with van der Waals surface area (Å²) in [5.41, 5.74) is 1.45. The minimum atomic E-state index is -0.153. The molecule has 5 nitrogen and oxygen atoms in total. The Hall–Kier alpha value is -2.17. The highest BCUT2D eigenvalue weighted by atomic mass is 16.1. The van der Waals surface area contributed by atoms with Crippen LogP contribution in [0.5, 0.6) is 0 Å². The van der Waals surface area contributed by atoms with Gasteiger partial charge in [-0.3, -0.25) is 14.2 Å². The molecule has 0 fully saturated rings. The van der Waals surface area contributed by atoms with Gasteiger partial charge in [0.05, 0.1) is 5.39 Å². The number of nitrogens with one attached hydrogen (secondary N) is 1. The Labute approximate surface area is 84.4 Å². The molecule has 3 rings (SSSR count). The number of aryl methyl sites for hydroxylation is 1. The van der Waals surface area contributed by atoms with Crippen LogP contribution in [0.15, 0.2) is 29.5 Å². The van der Waals surface area contributed by atoms with Crippen molar-refractivity contribution in [1.82, 2.24) is 19.4 Å². The molecule has 3 heterocycles. The quantitative estimate of drug-likeness (QED) is 0.586. The number of aromatic nitrogens is 4. The number of H-pyrrole nitrogens is 1. The largest absolute Gasteiger partial charge is 0.291 e. The van der Waals surface area contributed by atoms with E-state index in [0.29, 0.717) is 16.8 Å². The van der Waals surface area contributed by atoms with Gasteiger partial charge in [0, 0.05) is 18.6 Å². The molecule has 0 aromatic carbocycles. The van der Waals surface area contributed by atoms with E-state index in [1.807, 2.05) is 13.0 Å². The highest BCUT2D eigenvalue weighted by Crippen LogP contribution is 2.09. The summed E-state index contributed by atoms with van der Waals surface area (Å²) in [6, 6.07) is 1.82. The van der Waals surface area contributed by atoms with Crippen molar-refractivity contribution in [3.05, 3.63) is 40.6 Å². The van der Waals surface area contributed by atoms with Gasteiger partial charge in [-0.1, -0.05) is 0 Å². The van der Waals surface area contributed by atoms with Crippen molar-refractivity contribution < 1.29 is 0 Å². The molecule has 0 aliphatic rings. The Balaban J connectivity index is 2.67. The van der Waals surface area contributed by atoms with E-state index in [0.717, 1.165) is 5.56 Å². The van der Waals surface area contributed by atoms with E-state index in [1.54, 1.807) is 23.0 Å². The molecule has 0 saturated carbocycles. The molecule has 0 amide bonds. The molecule has 15 heavy (non-hydrogen) atoms. The highest BCUT2D eigenvalue weighted by Gasteiger charge is 2.05. The third-order valence-electron chi connectivity index (χ3n) is 2.34. The second-order valence-corrected chi connectivity index (χ2v) is 3.46. The average molecular weight is 200 g/mol. The van der Waals surface area contributed by atoms with Gasteiger partial charge in [-0.05, 0) is 18.6 Å². The number of nitrogens with zero attached hydrogens (tertiary/aromatic N) is 3. The monoisotopic (exact) mass is 200 g/mol. The van der Waals surface area contributed by atoms with Crippen LogP contribution in [0.2, 0.25) is 0 Å². The molecule has 1 N–H and O–H groups in total. The number of hydrogen-bond acceptors (Lipinski definition) is 3. The van der Waals surface area contributed by atoms with Crippen LogP contribution < -0.4 is 5.56 Å². The minimum Gasteiger partial charge on any atom is -0.291 e. The summed E-state index contributed by atoms with van der Waals surface area (Å²) in [7, 11) is 0. The molecule has 3 aromatic heterocycles. The smallest absolute Gasteiger partial charge is 0.261 e. The van der Waals surface area contributed by atoms with Gasteiger partial charge >= 0.3 is 0 Å². The van der Waals surface area contributed by atoms with E-state index in [2.05, 4.69) is 15.0 Å². The first-order valence-corrected chi connectivity index (χ1v) is 4.57. The predicted octanol–water partition coefficient (Wildman–Crippen LogP) is 0.879. The molecule has 74 valence electrons. The number of aromatic amines is 1. The maximum atomic E-state index is 11.7. The SMILES string of the molecule is Cc1cnc2c(c1)c(=O)[nH]c1nccn12. The molecule has 0 unspecified atom stereocenters. The topological polar surface area (TPSA) is 63.0 Å². The van der Waals surface area contributed by atoms with Gasteiger partial charge in [-0.2, -0.15) is 0 Å². The number of pyridine rings is 1.